The summed E-state index contributed by atoms with van der Waals surface area (Å²) in [4.78, 5) is 0. The molecule has 0 aliphatic heterocycles. The molecule has 0 atom stereocenters. The molecule has 1 N–H and O–H groups in total. The summed E-state index contributed by atoms with van der Waals surface area (Å²) >= 11 is 0. The van der Waals surface area contributed by atoms with Gasteiger partial charge in [-0.3, -0.25) is 0 Å². The van der Waals surface area contributed by atoms with Crippen LogP contribution in [0.5, 0.6) is 5.75 Å². The van der Waals surface area contributed by atoms with Gasteiger partial charge in [-0.2, -0.15) is 0 Å². The third kappa shape index (κ3) is 2.75. The molecule has 3 heteroatoms. The summed E-state index contributed by atoms with van der Waals surface area (Å²) in [6, 6.07) is 7.66. The Kier molecular flexibility index (Phi) is 3.44. The van der Waals surface area contributed by atoms with Crippen molar-refractivity contribution >= 4 is 5.71 Å². The van der Waals surface area contributed by atoms with E-state index in [1.54, 1.807) is 6.92 Å². The van der Waals surface area contributed by atoms with Gasteiger partial charge in [-0.05, 0) is 31.4 Å². The van der Waals surface area contributed by atoms with Crippen molar-refractivity contribution in [3.8, 4) is 5.75 Å². The number of hydrogen-bond donors (Lipinski definition) is 1. The maximum Gasteiger partial charge on any atom is 0.128 e. The lowest BCUT2D eigenvalue weighted by molar-refractivity contribution is 0.300. The molecule has 0 radical (unpaired) electrons. The fraction of sp³-hybridized carbons (Fsp3) is 0.462. The van der Waals surface area contributed by atoms with Gasteiger partial charge in [0.1, 0.15) is 5.75 Å². The zero-order chi connectivity index (χ0) is 11.4. The number of ether oxygens (including phenoxy) is 1. The smallest absolute Gasteiger partial charge is 0.128 e. The van der Waals surface area contributed by atoms with Crippen molar-refractivity contribution in [3.63, 3.8) is 0 Å². The SMILES string of the molecule is CC(=NO)c1ccccc1OCCC1CC1. The Hall–Kier alpha value is -1.51. The van der Waals surface area contributed by atoms with Crippen LogP contribution in [0.25, 0.3) is 0 Å². The lowest BCUT2D eigenvalue weighted by atomic mass is 10.1. The van der Waals surface area contributed by atoms with E-state index in [2.05, 4.69) is 5.16 Å². The molecule has 3 nitrogen and oxygen atoms in total. The predicted octanol–water partition coefficient (Wildman–Crippen LogP) is 3.06. The van der Waals surface area contributed by atoms with Crippen LogP contribution in [0.15, 0.2) is 29.4 Å². The molecule has 0 unspecified atom stereocenters. The fourth-order valence-electron chi connectivity index (χ4n) is 1.69. The molecule has 0 heterocycles. The molecule has 0 aromatic heterocycles. The van der Waals surface area contributed by atoms with Gasteiger partial charge >= 0.3 is 0 Å². The van der Waals surface area contributed by atoms with Gasteiger partial charge in [0, 0.05) is 5.56 Å². The summed E-state index contributed by atoms with van der Waals surface area (Å²) in [5.41, 5.74) is 1.45. The first-order chi connectivity index (χ1) is 7.81. The number of oxime groups is 1. The van der Waals surface area contributed by atoms with Crippen LogP contribution < -0.4 is 4.74 Å². The van der Waals surface area contributed by atoms with Gasteiger partial charge in [-0.15, -0.1) is 0 Å². The van der Waals surface area contributed by atoms with Gasteiger partial charge < -0.3 is 9.94 Å². The Bertz CT molecular complexity index is 383. The minimum atomic E-state index is 0.585. The third-order valence-corrected chi connectivity index (χ3v) is 2.91. The predicted molar refractivity (Wildman–Crippen MR) is 63.3 cm³/mol. The molecule has 1 aliphatic rings. The molecule has 1 fully saturated rings. The summed E-state index contributed by atoms with van der Waals surface area (Å²) in [5, 5.41) is 12.0. The number of para-hydroxylation sites is 1. The van der Waals surface area contributed by atoms with Crippen LogP contribution in [-0.4, -0.2) is 17.5 Å². The monoisotopic (exact) mass is 219 g/mol. The normalized spacial score (nSPS) is 16.2. The minimum Gasteiger partial charge on any atom is -0.493 e. The molecule has 16 heavy (non-hydrogen) atoms. The Balaban J connectivity index is 2.00. The molecule has 1 aliphatic carbocycles. The van der Waals surface area contributed by atoms with Gasteiger partial charge in [0.15, 0.2) is 0 Å². The molecule has 0 amide bonds. The highest BCUT2D eigenvalue weighted by Gasteiger charge is 2.20. The van der Waals surface area contributed by atoms with E-state index in [0.29, 0.717) is 5.71 Å². The molecule has 86 valence electrons. The Morgan fingerprint density at radius 1 is 1.44 bits per heavy atom. The van der Waals surface area contributed by atoms with Crippen LogP contribution in [0.1, 0.15) is 31.7 Å². The molecule has 2 rings (SSSR count). The van der Waals surface area contributed by atoms with Gasteiger partial charge in [-0.1, -0.05) is 30.1 Å². The first-order valence-corrected chi connectivity index (χ1v) is 5.72. The first-order valence-electron chi connectivity index (χ1n) is 5.72. The first kappa shape index (κ1) is 11.0. The fourth-order valence-corrected chi connectivity index (χ4v) is 1.69. The number of hydrogen-bond acceptors (Lipinski definition) is 3. The van der Waals surface area contributed by atoms with Crippen LogP contribution in [0, 0.1) is 5.92 Å². The Morgan fingerprint density at radius 3 is 2.88 bits per heavy atom. The second kappa shape index (κ2) is 5.01. The summed E-state index contributed by atoms with van der Waals surface area (Å²) in [7, 11) is 0. The van der Waals surface area contributed by atoms with Crippen LogP contribution in [0.2, 0.25) is 0 Å². The summed E-state index contributed by atoms with van der Waals surface area (Å²) in [6.07, 6.45) is 3.83. The maximum absolute atomic E-state index is 8.77. The van der Waals surface area contributed by atoms with E-state index in [9.17, 15) is 0 Å². The van der Waals surface area contributed by atoms with Crippen molar-refractivity contribution in [2.24, 2.45) is 11.1 Å². The molecular formula is C13H17NO2. The molecular weight excluding hydrogens is 202 g/mol. The van der Waals surface area contributed by atoms with E-state index in [0.717, 1.165) is 30.3 Å². The number of rotatable bonds is 5. The van der Waals surface area contributed by atoms with Crippen molar-refractivity contribution in [1.82, 2.24) is 0 Å². The van der Waals surface area contributed by atoms with Crippen LogP contribution >= 0.6 is 0 Å². The van der Waals surface area contributed by atoms with Crippen LogP contribution in [-0.2, 0) is 0 Å². The highest BCUT2D eigenvalue weighted by Crippen LogP contribution is 2.32. The van der Waals surface area contributed by atoms with E-state index in [4.69, 9.17) is 9.94 Å². The van der Waals surface area contributed by atoms with Crippen molar-refractivity contribution in [3.05, 3.63) is 29.8 Å². The van der Waals surface area contributed by atoms with Gasteiger partial charge in [-0.25, -0.2) is 0 Å². The van der Waals surface area contributed by atoms with Crippen molar-refractivity contribution in [1.29, 1.82) is 0 Å². The van der Waals surface area contributed by atoms with E-state index < -0.39 is 0 Å². The molecule has 1 aromatic carbocycles. The lowest BCUT2D eigenvalue weighted by Crippen LogP contribution is -2.04. The average Bonchev–Trinajstić information content (AvgIpc) is 3.13. The van der Waals surface area contributed by atoms with E-state index in [1.165, 1.54) is 12.8 Å². The molecule has 1 saturated carbocycles. The van der Waals surface area contributed by atoms with Gasteiger partial charge in [0.25, 0.3) is 0 Å². The maximum atomic E-state index is 8.77. The second-order valence-electron chi connectivity index (χ2n) is 4.26. The minimum absolute atomic E-state index is 0.585. The summed E-state index contributed by atoms with van der Waals surface area (Å²) in [5.74, 6) is 1.68. The third-order valence-electron chi connectivity index (χ3n) is 2.91. The van der Waals surface area contributed by atoms with E-state index in [1.807, 2.05) is 24.3 Å². The largest absolute Gasteiger partial charge is 0.493 e. The quantitative estimate of drug-likeness (QED) is 0.470. The Labute approximate surface area is 95.7 Å². The topological polar surface area (TPSA) is 41.8 Å². The molecule has 0 saturated heterocycles. The number of nitrogens with zero attached hydrogens (tertiary/aromatic N) is 1. The van der Waals surface area contributed by atoms with Crippen molar-refractivity contribution in [2.75, 3.05) is 6.61 Å². The number of benzene rings is 1. The standard InChI is InChI=1S/C13H17NO2/c1-10(14-15)12-4-2-3-5-13(12)16-9-8-11-6-7-11/h2-5,11,15H,6-9H2,1H3. The highest BCUT2D eigenvalue weighted by atomic mass is 16.5. The van der Waals surface area contributed by atoms with Crippen molar-refractivity contribution < 1.29 is 9.94 Å². The summed E-state index contributed by atoms with van der Waals surface area (Å²) in [6.45, 7) is 2.52. The van der Waals surface area contributed by atoms with E-state index >= 15 is 0 Å². The lowest BCUT2D eigenvalue weighted by Gasteiger charge is -2.10. The Morgan fingerprint density at radius 2 is 2.19 bits per heavy atom. The second-order valence-corrected chi connectivity index (χ2v) is 4.26. The van der Waals surface area contributed by atoms with Gasteiger partial charge in [0.2, 0.25) is 0 Å². The highest BCUT2D eigenvalue weighted by molar-refractivity contribution is 6.00. The molecule has 0 spiro atoms. The van der Waals surface area contributed by atoms with Crippen LogP contribution in [0.3, 0.4) is 0 Å². The average molecular weight is 219 g/mol. The zero-order valence-corrected chi connectivity index (χ0v) is 9.52. The van der Waals surface area contributed by atoms with E-state index in [-0.39, 0.29) is 0 Å². The molecule has 1 aromatic rings. The van der Waals surface area contributed by atoms with Gasteiger partial charge in [0.05, 0.1) is 12.3 Å². The summed E-state index contributed by atoms with van der Waals surface area (Å²) < 4.78 is 5.72. The zero-order valence-electron chi connectivity index (χ0n) is 9.52. The molecule has 0 bridgehead atoms. The van der Waals surface area contributed by atoms with Crippen molar-refractivity contribution in [2.45, 2.75) is 26.2 Å². The van der Waals surface area contributed by atoms with Crippen LogP contribution in [0.4, 0.5) is 0 Å².